The third kappa shape index (κ3) is 2.25. The van der Waals surface area contributed by atoms with Crippen LogP contribution in [0.25, 0.3) is 0 Å². The number of ether oxygens (including phenoxy) is 3. The number of benzene rings is 1. The average Bonchev–Trinajstić information content (AvgIpc) is 3.01. The molecule has 112 valence electrons. The second kappa shape index (κ2) is 5.22. The summed E-state index contributed by atoms with van der Waals surface area (Å²) >= 11 is 0. The van der Waals surface area contributed by atoms with E-state index in [-0.39, 0.29) is 24.8 Å². The van der Waals surface area contributed by atoms with Crippen LogP contribution in [-0.2, 0) is 4.74 Å². The number of rotatable bonds is 1. The van der Waals surface area contributed by atoms with E-state index in [1.54, 1.807) is 6.07 Å². The highest BCUT2D eigenvalue weighted by Gasteiger charge is 2.37. The van der Waals surface area contributed by atoms with Crippen LogP contribution in [0.2, 0.25) is 0 Å². The van der Waals surface area contributed by atoms with Crippen molar-refractivity contribution in [2.24, 2.45) is 0 Å². The molecule has 4 rings (SSSR count). The summed E-state index contributed by atoms with van der Waals surface area (Å²) in [5.74, 6) is 1.45. The molecule has 1 aromatic carbocycles. The van der Waals surface area contributed by atoms with Gasteiger partial charge in [-0.15, -0.1) is 0 Å². The lowest BCUT2D eigenvalue weighted by molar-refractivity contribution is -0.0752. The van der Waals surface area contributed by atoms with Crippen LogP contribution < -0.4 is 9.47 Å². The summed E-state index contributed by atoms with van der Waals surface area (Å²) < 4.78 is 16.5. The zero-order valence-electron chi connectivity index (χ0n) is 11.9. The number of hydrogen-bond donors (Lipinski definition) is 0. The summed E-state index contributed by atoms with van der Waals surface area (Å²) in [6.45, 7) is 1.54. The second-order valence-electron chi connectivity index (χ2n) is 5.83. The monoisotopic (exact) mass is 289 g/mol. The smallest absolute Gasteiger partial charge is 0.254 e. The van der Waals surface area contributed by atoms with E-state index >= 15 is 0 Å². The molecule has 3 aliphatic rings. The molecule has 1 aromatic rings. The van der Waals surface area contributed by atoms with E-state index in [4.69, 9.17) is 14.2 Å². The second-order valence-corrected chi connectivity index (χ2v) is 5.83. The van der Waals surface area contributed by atoms with Crippen LogP contribution in [0, 0.1) is 0 Å². The predicted octanol–water partition coefficient (Wildman–Crippen LogP) is 2.20. The summed E-state index contributed by atoms with van der Waals surface area (Å²) in [4.78, 5) is 14.8. The summed E-state index contributed by atoms with van der Waals surface area (Å²) in [5, 5.41) is 0. The lowest BCUT2D eigenvalue weighted by Crippen LogP contribution is -2.54. The summed E-state index contributed by atoms with van der Waals surface area (Å²) in [6.07, 6.45) is 4.70. The van der Waals surface area contributed by atoms with Gasteiger partial charge in [-0.05, 0) is 31.0 Å². The predicted molar refractivity (Wildman–Crippen MR) is 75.6 cm³/mol. The average molecular weight is 289 g/mol. The van der Waals surface area contributed by atoms with Crippen LogP contribution in [0.1, 0.15) is 36.0 Å². The van der Waals surface area contributed by atoms with Crippen LogP contribution in [0.5, 0.6) is 11.5 Å². The molecule has 1 amide bonds. The molecule has 5 nitrogen and oxygen atoms in total. The molecule has 1 aliphatic carbocycles. The Bertz CT molecular complexity index is 557. The van der Waals surface area contributed by atoms with Gasteiger partial charge < -0.3 is 19.1 Å². The first-order valence-corrected chi connectivity index (χ1v) is 7.65. The molecule has 2 aliphatic heterocycles. The first-order chi connectivity index (χ1) is 10.3. The summed E-state index contributed by atoms with van der Waals surface area (Å²) in [6, 6.07) is 5.65. The van der Waals surface area contributed by atoms with Crippen LogP contribution in [0.15, 0.2) is 18.2 Å². The molecule has 0 spiro atoms. The van der Waals surface area contributed by atoms with E-state index in [0.29, 0.717) is 30.2 Å². The molecular formula is C16H19NO4. The normalized spacial score (nSPS) is 27.3. The highest BCUT2D eigenvalue weighted by atomic mass is 16.7. The molecule has 0 aromatic heterocycles. The largest absolute Gasteiger partial charge is 0.454 e. The first-order valence-electron chi connectivity index (χ1n) is 7.65. The quantitative estimate of drug-likeness (QED) is 0.795. The molecule has 0 unspecified atom stereocenters. The van der Waals surface area contributed by atoms with Gasteiger partial charge in [-0.25, -0.2) is 0 Å². The molecule has 2 heterocycles. The maximum atomic E-state index is 12.8. The highest BCUT2D eigenvalue weighted by Crippen LogP contribution is 2.34. The molecule has 2 atom stereocenters. The Balaban J connectivity index is 1.58. The van der Waals surface area contributed by atoms with Crippen molar-refractivity contribution in [1.82, 2.24) is 4.90 Å². The molecular weight excluding hydrogens is 270 g/mol. The van der Waals surface area contributed by atoms with Crippen molar-refractivity contribution in [2.45, 2.75) is 37.8 Å². The van der Waals surface area contributed by atoms with Gasteiger partial charge in [-0.3, -0.25) is 4.79 Å². The van der Waals surface area contributed by atoms with E-state index < -0.39 is 0 Å². The van der Waals surface area contributed by atoms with Gasteiger partial charge in [0.25, 0.3) is 5.91 Å². The standard InChI is InChI=1S/C16H19NO4/c18-16(11-5-6-14-15(9-11)21-10-20-14)17-7-8-19-13-4-2-1-3-12(13)17/h5-6,9,12-13H,1-4,7-8,10H2/t12-,13+/m1/s1. The number of carbonyl (C=O) groups excluding carboxylic acids is 1. The lowest BCUT2D eigenvalue weighted by atomic mass is 9.89. The van der Waals surface area contributed by atoms with Gasteiger partial charge in [0.15, 0.2) is 11.5 Å². The fraction of sp³-hybridized carbons (Fsp3) is 0.562. The van der Waals surface area contributed by atoms with Gasteiger partial charge in [0.2, 0.25) is 6.79 Å². The Kier molecular flexibility index (Phi) is 3.22. The molecule has 1 saturated heterocycles. The van der Waals surface area contributed by atoms with Gasteiger partial charge in [-0.2, -0.15) is 0 Å². The van der Waals surface area contributed by atoms with Gasteiger partial charge >= 0.3 is 0 Å². The number of morpholine rings is 1. The van der Waals surface area contributed by atoms with Crippen molar-refractivity contribution in [3.63, 3.8) is 0 Å². The number of amides is 1. The molecule has 21 heavy (non-hydrogen) atoms. The molecule has 0 bridgehead atoms. The number of carbonyl (C=O) groups is 1. The van der Waals surface area contributed by atoms with Crippen LogP contribution in [0.3, 0.4) is 0 Å². The molecule has 0 N–H and O–H groups in total. The van der Waals surface area contributed by atoms with Crippen LogP contribution >= 0.6 is 0 Å². The van der Waals surface area contributed by atoms with Crippen LogP contribution in [-0.4, -0.2) is 42.9 Å². The van der Waals surface area contributed by atoms with Crippen molar-refractivity contribution >= 4 is 5.91 Å². The van der Waals surface area contributed by atoms with Crippen molar-refractivity contribution < 1.29 is 19.0 Å². The minimum atomic E-state index is 0.0773. The zero-order chi connectivity index (χ0) is 14.2. The van der Waals surface area contributed by atoms with Gasteiger partial charge in [-0.1, -0.05) is 12.8 Å². The van der Waals surface area contributed by atoms with E-state index in [2.05, 4.69) is 0 Å². The van der Waals surface area contributed by atoms with E-state index in [1.165, 1.54) is 12.8 Å². The minimum Gasteiger partial charge on any atom is -0.454 e. The molecule has 1 saturated carbocycles. The first kappa shape index (κ1) is 13.0. The third-order valence-electron chi connectivity index (χ3n) is 4.61. The Morgan fingerprint density at radius 1 is 1.14 bits per heavy atom. The topological polar surface area (TPSA) is 48.0 Å². The van der Waals surface area contributed by atoms with E-state index in [9.17, 15) is 4.79 Å². The summed E-state index contributed by atoms with van der Waals surface area (Å²) in [5.41, 5.74) is 0.672. The maximum absolute atomic E-state index is 12.8. The molecule has 2 fully saturated rings. The van der Waals surface area contributed by atoms with Crippen molar-refractivity contribution in [3.05, 3.63) is 23.8 Å². The molecule has 5 heteroatoms. The summed E-state index contributed by atoms with van der Waals surface area (Å²) in [7, 11) is 0. The van der Waals surface area contributed by atoms with Crippen molar-refractivity contribution in [3.8, 4) is 11.5 Å². The van der Waals surface area contributed by atoms with Gasteiger partial charge in [0.1, 0.15) is 0 Å². The Morgan fingerprint density at radius 3 is 2.95 bits per heavy atom. The lowest BCUT2D eigenvalue weighted by Gasteiger charge is -2.43. The fourth-order valence-corrected chi connectivity index (χ4v) is 3.54. The number of hydrogen-bond acceptors (Lipinski definition) is 4. The number of fused-ring (bicyclic) bond motifs is 2. The van der Waals surface area contributed by atoms with E-state index in [1.807, 2.05) is 17.0 Å². The zero-order valence-corrected chi connectivity index (χ0v) is 11.9. The number of nitrogens with zero attached hydrogens (tertiary/aromatic N) is 1. The Hall–Kier alpha value is -1.75. The van der Waals surface area contributed by atoms with E-state index in [0.717, 1.165) is 12.8 Å². The van der Waals surface area contributed by atoms with Gasteiger partial charge in [0.05, 0.1) is 18.8 Å². The Morgan fingerprint density at radius 2 is 2.00 bits per heavy atom. The molecule has 0 radical (unpaired) electrons. The highest BCUT2D eigenvalue weighted by molar-refractivity contribution is 5.95. The maximum Gasteiger partial charge on any atom is 0.254 e. The van der Waals surface area contributed by atoms with Gasteiger partial charge in [0, 0.05) is 12.1 Å². The Labute approximate surface area is 123 Å². The third-order valence-corrected chi connectivity index (χ3v) is 4.61. The fourth-order valence-electron chi connectivity index (χ4n) is 3.54. The minimum absolute atomic E-state index is 0.0773. The van der Waals surface area contributed by atoms with Crippen LogP contribution in [0.4, 0.5) is 0 Å². The SMILES string of the molecule is O=C(c1ccc2c(c1)OCO2)N1CCO[C@H]2CCCC[C@H]21. The van der Waals surface area contributed by atoms with Crippen molar-refractivity contribution in [2.75, 3.05) is 19.9 Å². The van der Waals surface area contributed by atoms with Crippen molar-refractivity contribution in [1.29, 1.82) is 0 Å².